The highest BCUT2D eigenvalue weighted by Gasteiger charge is 2.31. The Balaban J connectivity index is 1.65. The van der Waals surface area contributed by atoms with Crippen LogP contribution in [0, 0.1) is 0 Å². The fourth-order valence-electron chi connectivity index (χ4n) is 4.18. The summed E-state index contributed by atoms with van der Waals surface area (Å²) in [7, 11) is -3.68. The van der Waals surface area contributed by atoms with E-state index in [-0.39, 0.29) is 13.2 Å². The first-order valence-corrected chi connectivity index (χ1v) is 15.4. The molecule has 0 saturated heterocycles. The van der Waals surface area contributed by atoms with E-state index in [2.05, 4.69) is 15.9 Å². The van der Waals surface area contributed by atoms with Gasteiger partial charge in [0.2, 0.25) is 5.90 Å². The SMILES string of the molecule is CCOP(=O)(OCC)/C(=C\C=C1/OC(/C=C/c2ccccc2)=Nc2c1oc1ccc(Br)cc21)c1ccc(Cl)cc1. The van der Waals surface area contributed by atoms with Gasteiger partial charge in [0, 0.05) is 21.0 Å². The van der Waals surface area contributed by atoms with Gasteiger partial charge in [0.25, 0.3) is 0 Å². The van der Waals surface area contributed by atoms with E-state index in [1.807, 2.05) is 54.6 Å². The summed E-state index contributed by atoms with van der Waals surface area (Å²) in [5, 5.41) is 1.76. The Hall–Kier alpha value is -3.19. The monoisotopic (exact) mass is 637 g/mol. The lowest BCUT2D eigenvalue weighted by Gasteiger charge is -2.20. The van der Waals surface area contributed by atoms with Crippen molar-refractivity contribution in [2.24, 2.45) is 4.99 Å². The molecule has 0 N–H and O–H groups in total. The molecule has 0 bridgehead atoms. The molecule has 9 heteroatoms. The number of halogens is 2. The topological polar surface area (TPSA) is 70.3 Å². The van der Waals surface area contributed by atoms with Crippen LogP contribution in [-0.4, -0.2) is 19.1 Å². The van der Waals surface area contributed by atoms with Crippen molar-refractivity contribution in [1.82, 2.24) is 0 Å². The lowest BCUT2D eigenvalue weighted by atomic mass is 10.1. The number of rotatable bonds is 9. The van der Waals surface area contributed by atoms with E-state index in [1.165, 1.54) is 0 Å². The van der Waals surface area contributed by atoms with E-state index in [1.54, 1.807) is 56.3 Å². The molecule has 0 amide bonds. The fraction of sp³-hybridized carbons (Fsp3) is 0.129. The van der Waals surface area contributed by atoms with Gasteiger partial charge >= 0.3 is 7.60 Å². The molecule has 4 aromatic rings. The van der Waals surface area contributed by atoms with Gasteiger partial charge < -0.3 is 18.2 Å². The molecule has 0 radical (unpaired) electrons. The number of benzene rings is 3. The van der Waals surface area contributed by atoms with Crippen LogP contribution >= 0.6 is 35.1 Å². The number of ether oxygens (including phenoxy) is 1. The van der Waals surface area contributed by atoms with Gasteiger partial charge in [0.05, 0.1) is 18.5 Å². The van der Waals surface area contributed by atoms with Gasteiger partial charge in [-0.15, -0.1) is 0 Å². The molecule has 0 saturated carbocycles. The summed E-state index contributed by atoms with van der Waals surface area (Å²) in [6, 6.07) is 22.6. The maximum absolute atomic E-state index is 13.9. The molecule has 0 unspecified atom stereocenters. The lowest BCUT2D eigenvalue weighted by Crippen LogP contribution is -2.05. The predicted molar refractivity (Wildman–Crippen MR) is 166 cm³/mol. The molecule has 0 aliphatic carbocycles. The Morgan fingerprint density at radius 3 is 2.42 bits per heavy atom. The van der Waals surface area contributed by atoms with E-state index >= 15 is 0 Å². The molecular weight excluding hydrogens is 613 g/mol. The molecule has 40 heavy (non-hydrogen) atoms. The van der Waals surface area contributed by atoms with Gasteiger partial charge in [-0.25, -0.2) is 4.99 Å². The molecule has 204 valence electrons. The van der Waals surface area contributed by atoms with Crippen LogP contribution in [-0.2, 0) is 18.3 Å². The van der Waals surface area contributed by atoms with Crippen LogP contribution in [0.3, 0.4) is 0 Å². The van der Waals surface area contributed by atoms with Crippen molar-refractivity contribution >= 4 is 74.8 Å². The minimum atomic E-state index is -3.68. The summed E-state index contributed by atoms with van der Waals surface area (Å²) in [5.74, 6) is 1.24. The zero-order chi connectivity index (χ0) is 28.1. The van der Waals surface area contributed by atoms with Crippen LogP contribution in [0.4, 0.5) is 5.69 Å². The normalized spacial score (nSPS) is 14.9. The maximum atomic E-state index is 13.9. The third-order valence-corrected chi connectivity index (χ3v) is 8.87. The van der Waals surface area contributed by atoms with Gasteiger partial charge in [-0.1, -0.05) is 70.0 Å². The highest BCUT2D eigenvalue weighted by atomic mass is 79.9. The number of allylic oxidation sites excluding steroid dienone is 2. The van der Waals surface area contributed by atoms with Crippen LogP contribution in [0.5, 0.6) is 0 Å². The van der Waals surface area contributed by atoms with Crippen LogP contribution in [0.1, 0.15) is 30.7 Å². The Labute approximate surface area is 246 Å². The van der Waals surface area contributed by atoms with Crippen LogP contribution in [0.15, 0.2) is 105 Å². The molecule has 0 spiro atoms. The van der Waals surface area contributed by atoms with Crippen molar-refractivity contribution in [2.75, 3.05) is 13.2 Å². The van der Waals surface area contributed by atoms with Crippen molar-refractivity contribution in [3.8, 4) is 0 Å². The molecule has 1 aliphatic heterocycles. The Kier molecular flexibility index (Phi) is 8.89. The van der Waals surface area contributed by atoms with Crippen LogP contribution in [0.25, 0.3) is 28.1 Å². The van der Waals surface area contributed by atoms with E-state index in [0.29, 0.717) is 44.6 Å². The van der Waals surface area contributed by atoms with Crippen molar-refractivity contribution in [2.45, 2.75) is 13.8 Å². The Morgan fingerprint density at radius 1 is 1.00 bits per heavy atom. The molecule has 1 aliphatic rings. The summed E-state index contributed by atoms with van der Waals surface area (Å²) < 4.78 is 38.6. The number of hydrogen-bond acceptors (Lipinski definition) is 6. The molecule has 2 heterocycles. The van der Waals surface area contributed by atoms with Crippen LogP contribution in [0.2, 0.25) is 5.02 Å². The fourth-order valence-corrected chi connectivity index (χ4v) is 6.42. The summed E-state index contributed by atoms with van der Waals surface area (Å²) in [4.78, 5) is 4.76. The smallest absolute Gasteiger partial charge is 0.361 e. The van der Waals surface area contributed by atoms with Crippen molar-refractivity contribution in [3.63, 3.8) is 0 Å². The van der Waals surface area contributed by atoms with E-state index in [0.717, 1.165) is 15.4 Å². The first-order chi connectivity index (χ1) is 19.4. The van der Waals surface area contributed by atoms with Crippen molar-refractivity contribution in [1.29, 1.82) is 0 Å². The Bertz CT molecular complexity index is 1680. The van der Waals surface area contributed by atoms with Gasteiger partial charge in [0.15, 0.2) is 11.5 Å². The van der Waals surface area contributed by atoms with Crippen LogP contribution < -0.4 is 0 Å². The van der Waals surface area contributed by atoms with E-state index in [9.17, 15) is 4.57 Å². The third-order valence-electron chi connectivity index (χ3n) is 5.93. The maximum Gasteiger partial charge on any atom is 0.361 e. The summed E-state index contributed by atoms with van der Waals surface area (Å²) in [5.41, 5.74) is 2.95. The predicted octanol–water partition coefficient (Wildman–Crippen LogP) is 10.3. The first kappa shape index (κ1) is 28.3. The zero-order valence-corrected chi connectivity index (χ0v) is 25.1. The number of furan rings is 1. The second kappa shape index (κ2) is 12.5. The average Bonchev–Trinajstić information content (AvgIpc) is 3.31. The lowest BCUT2D eigenvalue weighted by molar-refractivity contribution is 0.230. The van der Waals surface area contributed by atoms with E-state index in [4.69, 9.17) is 34.8 Å². The largest absolute Gasteiger partial charge is 0.450 e. The standard InChI is InChI=1S/C31H26BrClNO5P/c1-3-36-40(35,37-4-2)28(22-11-14-24(33)15-12-22)18-17-27-31-30(25-20-23(32)13-16-26(25)39-31)34-29(38-27)19-10-21-8-6-5-7-9-21/h5-20H,3-4H2,1-2H3/b19-10+,27-17-,28-18-. The molecular formula is C31H26BrClNO5P. The number of nitrogens with zero attached hydrogens (tertiary/aromatic N) is 1. The molecule has 6 nitrogen and oxygen atoms in total. The summed E-state index contributed by atoms with van der Waals surface area (Å²) in [6.45, 7) is 3.96. The zero-order valence-electron chi connectivity index (χ0n) is 21.8. The number of fused-ring (bicyclic) bond motifs is 3. The minimum Gasteiger partial charge on any atom is -0.450 e. The Morgan fingerprint density at radius 2 is 1.73 bits per heavy atom. The van der Waals surface area contributed by atoms with Gasteiger partial charge in [-0.05, 0) is 73.5 Å². The molecule has 0 fully saturated rings. The van der Waals surface area contributed by atoms with Gasteiger partial charge in [-0.2, -0.15) is 0 Å². The van der Waals surface area contributed by atoms with Crippen molar-refractivity contribution < 1.29 is 22.8 Å². The first-order valence-electron chi connectivity index (χ1n) is 12.7. The van der Waals surface area contributed by atoms with E-state index < -0.39 is 7.60 Å². The highest BCUT2D eigenvalue weighted by molar-refractivity contribution is 9.10. The molecule has 3 aromatic carbocycles. The third kappa shape index (κ3) is 6.25. The summed E-state index contributed by atoms with van der Waals surface area (Å²) in [6.07, 6.45) is 7.11. The number of hydrogen-bond donors (Lipinski definition) is 0. The summed E-state index contributed by atoms with van der Waals surface area (Å²) >= 11 is 9.67. The quantitative estimate of drug-likeness (QED) is 0.171. The molecule has 5 rings (SSSR count). The average molecular weight is 639 g/mol. The minimum absolute atomic E-state index is 0.207. The second-order valence-electron chi connectivity index (χ2n) is 8.64. The van der Waals surface area contributed by atoms with Gasteiger partial charge in [-0.3, -0.25) is 4.57 Å². The van der Waals surface area contributed by atoms with Crippen molar-refractivity contribution in [3.05, 3.63) is 117 Å². The number of aliphatic imine (C=N–C) groups is 1. The molecule has 0 atom stereocenters. The second-order valence-corrected chi connectivity index (χ2v) is 12.0. The van der Waals surface area contributed by atoms with Gasteiger partial charge in [0.1, 0.15) is 11.3 Å². The molecule has 1 aromatic heterocycles. The highest BCUT2D eigenvalue weighted by Crippen LogP contribution is 2.60.